The molecular formula is C21H23N3O2. The van der Waals surface area contributed by atoms with Gasteiger partial charge >= 0.3 is 0 Å². The van der Waals surface area contributed by atoms with Crippen LogP contribution in [0.15, 0.2) is 47.1 Å². The number of benzene rings is 1. The van der Waals surface area contributed by atoms with E-state index < -0.39 is 0 Å². The minimum absolute atomic E-state index is 0.0186. The van der Waals surface area contributed by atoms with Gasteiger partial charge in [0.1, 0.15) is 5.76 Å². The highest BCUT2D eigenvalue weighted by molar-refractivity contribution is 5.92. The van der Waals surface area contributed by atoms with E-state index in [4.69, 9.17) is 4.52 Å². The molecule has 3 aromatic rings. The zero-order valence-electron chi connectivity index (χ0n) is 15.0. The average molecular weight is 349 g/mol. The molecule has 1 aromatic carbocycles. The molecular weight excluding hydrogens is 326 g/mol. The minimum atomic E-state index is -0.0186. The lowest BCUT2D eigenvalue weighted by atomic mass is 9.93. The molecule has 134 valence electrons. The van der Waals surface area contributed by atoms with E-state index in [2.05, 4.69) is 28.3 Å². The Kier molecular flexibility index (Phi) is 4.69. The normalized spacial score (nSPS) is 18.0. The molecule has 2 aromatic heterocycles. The third-order valence-electron chi connectivity index (χ3n) is 5.15. The topological polar surface area (TPSA) is 59.2 Å². The van der Waals surface area contributed by atoms with Crippen molar-refractivity contribution < 1.29 is 9.32 Å². The summed E-state index contributed by atoms with van der Waals surface area (Å²) in [7, 11) is 0. The summed E-state index contributed by atoms with van der Waals surface area (Å²) in [5.41, 5.74) is 2.73. The number of carbonyl (C=O) groups is 1. The van der Waals surface area contributed by atoms with Crippen LogP contribution in [-0.2, 0) is 6.42 Å². The van der Waals surface area contributed by atoms with Gasteiger partial charge in [0.05, 0.1) is 5.52 Å². The van der Waals surface area contributed by atoms with Gasteiger partial charge in [0.2, 0.25) is 0 Å². The van der Waals surface area contributed by atoms with Crippen molar-refractivity contribution in [3.8, 4) is 0 Å². The molecule has 3 heterocycles. The quantitative estimate of drug-likeness (QED) is 0.717. The third-order valence-corrected chi connectivity index (χ3v) is 5.15. The van der Waals surface area contributed by atoms with Crippen molar-refractivity contribution in [2.75, 3.05) is 13.1 Å². The molecule has 4 rings (SSSR count). The van der Waals surface area contributed by atoms with E-state index in [-0.39, 0.29) is 5.91 Å². The van der Waals surface area contributed by atoms with Crippen LogP contribution in [0.5, 0.6) is 0 Å². The fourth-order valence-corrected chi connectivity index (χ4v) is 3.76. The maximum absolute atomic E-state index is 12.6. The van der Waals surface area contributed by atoms with Crippen molar-refractivity contribution in [1.29, 1.82) is 0 Å². The Labute approximate surface area is 153 Å². The van der Waals surface area contributed by atoms with Crippen molar-refractivity contribution in [2.45, 2.75) is 32.6 Å². The SMILES string of the molecule is Cc1cc(C(=O)N2CCC[C@@H](Cc3cnc4ccccc4c3)CC2)no1. The van der Waals surface area contributed by atoms with E-state index in [1.54, 1.807) is 13.0 Å². The standard InChI is InChI=1S/C21H23N3O2/c1-15-11-20(23-26-15)21(25)24-9-4-5-16(8-10-24)12-17-13-18-6-2-3-7-19(18)22-14-17/h2-3,6-7,11,13-14,16H,4-5,8-10,12H2,1H3/t16-/m1/s1. The number of hydrogen-bond donors (Lipinski definition) is 0. The van der Waals surface area contributed by atoms with Crippen LogP contribution >= 0.6 is 0 Å². The van der Waals surface area contributed by atoms with Crippen molar-refractivity contribution in [3.05, 3.63) is 59.6 Å². The Hall–Kier alpha value is -2.69. The van der Waals surface area contributed by atoms with Gasteiger partial charge < -0.3 is 9.42 Å². The van der Waals surface area contributed by atoms with Gasteiger partial charge in [-0.15, -0.1) is 0 Å². The summed E-state index contributed by atoms with van der Waals surface area (Å²) in [6, 6.07) is 12.2. The van der Waals surface area contributed by atoms with Gasteiger partial charge in [-0.25, -0.2) is 0 Å². The van der Waals surface area contributed by atoms with Crippen molar-refractivity contribution in [1.82, 2.24) is 15.0 Å². The first kappa shape index (κ1) is 16.8. The Morgan fingerprint density at radius 1 is 1.23 bits per heavy atom. The Balaban J connectivity index is 1.40. The summed E-state index contributed by atoms with van der Waals surface area (Å²) < 4.78 is 5.04. The van der Waals surface area contributed by atoms with E-state index in [1.807, 2.05) is 23.2 Å². The number of likely N-dealkylation sites (tertiary alicyclic amines) is 1. The van der Waals surface area contributed by atoms with Crippen molar-refractivity contribution in [3.63, 3.8) is 0 Å². The minimum Gasteiger partial charge on any atom is -0.361 e. The highest BCUT2D eigenvalue weighted by Gasteiger charge is 2.23. The fourth-order valence-electron chi connectivity index (χ4n) is 3.76. The second-order valence-electron chi connectivity index (χ2n) is 7.15. The summed E-state index contributed by atoms with van der Waals surface area (Å²) in [6.07, 6.45) is 6.18. The molecule has 5 heteroatoms. The number of nitrogens with zero attached hydrogens (tertiary/aromatic N) is 3. The summed E-state index contributed by atoms with van der Waals surface area (Å²) >= 11 is 0. The highest BCUT2D eigenvalue weighted by atomic mass is 16.5. The van der Waals surface area contributed by atoms with Gasteiger partial charge in [0.25, 0.3) is 5.91 Å². The second-order valence-corrected chi connectivity index (χ2v) is 7.15. The fraction of sp³-hybridized carbons (Fsp3) is 0.381. The molecule has 26 heavy (non-hydrogen) atoms. The number of amides is 1. The summed E-state index contributed by atoms with van der Waals surface area (Å²) in [4.78, 5) is 19.1. The molecule has 5 nitrogen and oxygen atoms in total. The summed E-state index contributed by atoms with van der Waals surface area (Å²) in [6.45, 7) is 3.37. The summed E-state index contributed by atoms with van der Waals surface area (Å²) in [5, 5.41) is 5.05. The molecule has 0 spiro atoms. The highest BCUT2D eigenvalue weighted by Crippen LogP contribution is 2.24. The number of para-hydroxylation sites is 1. The molecule has 1 atom stereocenters. The van der Waals surface area contributed by atoms with Crippen LogP contribution in [0, 0.1) is 12.8 Å². The van der Waals surface area contributed by atoms with Crippen LogP contribution in [0.4, 0.5) is 0 Å². The monoisotopic (exact) mass is 349 g/mol. The molecule has 0 unspecified atom stereocenters. The van der Waals surface area contributed by atoms with Gasteiger partial charge in [-0.3, -0.25) is 9.78 Å². The van der Waals surface area contributed by atoms with Gasteiger partial charge in [-0.05, 0) is 56.2 Å². The van der Waals surface area contributed by atoms with E-state index >= 15 is 0 Å². The van der Waals surface area contributed by atoms with Crippen LogP contribution in [0.2, 0.25) is 0 Å². The van der Waals surface area contributed by atoms with Gasteiger partial charge in [-0.2, -0.15) is 0 Å². The number of aryl methyl sites for hydroxylation is 1. The number of fused-ring (bicyclic) bond motifs is 1. The lowest BCUT2D eigenvalue weighted by molar-refractivity contribution is 0.0749. The zero-order chi connectivity index (χ0) is 17.9. The molecule has 1 amide bonds. The molecule has 1 aliphatic rings. The van der Waals surface area contributed by atoms with Crippen LogP contribution in [0.25, 0.3) is 10.9 Å². The third kappa shape index (κ3) is 3.62. The molecule has 0 bridgehead atoms. The van der Waals surface area contributed by atoms with E-state index in [0.717, 1.165) is 44.3 Å². The lowest BCUT2D eigenvalue weighted by Gasteiger charge is -2.19. The van der Waals surface area contributed by atoms with E-state index in [0.29, 0.717) is 17.4 Å². The largest absolute Gasteiger partial charge is 0.361 e. The first-order chi connectivity index (χ1) is 12.7. The molecule has 0 radical (unpaired) electrons. The van der Waals surface area contributed by atoms with Crippen molar-refractivity contribution >= 4 is 16.8 Å². The average Bonchev–Trinajstić information content (AvgIpc) is 2.96. The molecule has 0 aliphatic carbocycles. The second kappa shape index (κ2) is 7.28. The number of hydrogen-bond acceptors (Lipinski definition) is 4. The Bertz CT molecular complexity index is 918. The number of aromatic nitrogens is 2. The van der Waals surface area contributed by atoms with Crippen LogP contribution in [0.3, 0.4) is 0 Å². The first-order valence-electron chi connectivity index (χ1n) is 9.25. The van der Waals surface area contributed by atoms with Gasteiger partial charge in [0, 0.05) is 30.7 Å². The van der Waals surface area contributed by atoms with Gasteiger partial charge in [-0.1, -0.05) is 23.4 Å². The maximum atomic E-state index is 12.6. The van der Waals surface area contributed by atoms with Crippen LogP contribution in [-0.4, -0.2) is 34.0 Å². The van der Waals surface area contributed by atoms with Crippen LogP contribution in [0.1, 0.15) is 41.1 Å². The van der Waals surface area contributed by atoms with E-state index in [1.165, 1.54) is 10.9 Å². The smallest absolute Gasteiger partial charge is 0.276 e. The maximum Gasteiger partial charge on any atom is 0.276 e. The number of pyridine rings is 1. The molecule has 1 saturated heterocycles. The molecule has 1 aliphatic heterocycles. The number of rotatable bonds is 3. The molecule has 0 saturated carbocycles. The van der Waals surface area contributed by atoms with Crippen LogP contribution < -0.4 is 0 Å². The molecule has 0 N–H and O–H groups in total. The Morgan fingerprint density at radius 3 is 2.96 bits per heavy atom. The predicted molar refractivity (Wildman–Crippen MR) is 99.9 cm³/mol. The Morgan fingerprint density at radius 2 is 2.12 bits per heavy atom. The first-order valence-corrected chi connectivity index (χ1v) is 9.25. The predicted octanol–water partition coefficient (Wildman–Crippen LogP) is 4.02. The van der Waals surface area contributed by atoms with Crippen molar-refractivity contribution in [2.24, 2.45) is 5.92 Å². The van der Waals surface area contributed by atoms with Gasteiger partial charge in [0.15, 0.2) is 5.69 Å². The zero-order valence-corrected chi connectivity index (χ0v) is 15.0. The molecule has 1 fully saturated rings. The van der Waals surface area contributed by atoms with E-state index in [9.17, 15) is 4.79 Å². The summed E-state index contributed by atoms with van der Waals surface area (Å²) in [5.74, 6) is 1.23. The lowest BCUT2D eigenvalue weighted by Crippen LogP contribution is -2.32. The number of carbonyl (C=O) groups excluding carboxylic acids is 1.